The number of para-hydroxylation sites is 1. The molecule has 0 radical (unpaired) electrons. The van der Waals surface area contributed by atoms with Crippen molar-refractivity contribution in [1.29, 1.82) is 0 Å². The Morgan fingerprint density at radius 1 is 1.10 bits per heavy atom. The highest BCUT2D eigenvalue weighted by Gasteiger charge is 2.37. The van der Waals surface area contributed by atoms with Crippen molar-refractivity contribution in [3.05, 3.63) is 69.2 Å². The predicted molar refractivity (Wildman–Crippen MR) is 150 cm³/mol. The second-order valence-electron chi connectivity index (χ2n) is 10.2. The minimum absolute atomic E-state index is 0.231. The maximum Gasteiger partial charge on any atom is 0.410 e. The molecule has 2 unspecified atom stereocenters. The average Bonchev–Trinajstić information content (AvgIpc) is 2.87. The van der Waals surface area contributed by atoms with Crippen LogP contribution in [-0.2, 0) is 30.8 Å². The molecule has 2 aromatic rings. The van der Waals surface area contributed by atoms with Gasteiger partial charge >= 0.3 is 12.1 Å². The number of nitro groups is 1. The zero-order chi connectivity index (χ0) is 31.1. The van der Waals surface area contributed by atoms with Gasteiger partial charge in [-0.2, -0.15) is 4.31 Å². The number of carbonyl (C=O) groups is 3. The maximum absolute atomic E-state index is 13.1. The van der Waals surface area contributed by atoms with Crippen LogP contribution in [0.4, 0.5) is 10.5 Å². The van der Waals surface area contributed by atoms with Gasteiger partial charge in [0.2, 0.25) is 5.91 Å². The fraction of sp³-hybridized carbons (Fsp3) is 0.423. The van der Waals surface area contributed by atoms with E-state index >= 15 is 0 Å². The SMILES string of the molecule is CN(C(=O)OC(C)(C)C)C(CC(=O)NCC(C(=O)O)N(C)S(=O)(=O)c1ccccc1[N+](=O)[O-])Cc1ccc(Cl)cc1. The lowest BCUT2D eigenvalue weighted by Gasteiger charge is -2.31. The lowest BCUT2D eigenvalue weighted by Crippen LogP contribution is -2.50. The third-order valence-corrected chi connectivity index (χ3v) is 8.14. The Morgan fingerprint density at radius 3 is 2.22 bits per heavy atom. The molecular weight excluding hydrogens is 580 g/mol. The van der Waals surface area contributed by atoms with E-state index in [9.17, 15) is 38.0 Å². The summed E-state index contributed by atoms with van der Waals surface area (Å²) >= 11 is 5.96. The Labute approximate surface area is 243 Å². The number of ether oxygens (including phenoxy) is 1. The van der Waals surface area contributed by atoms with Crippen LogP contribution in [0.3, 0.4) is 0 Å². The predicted octanol–water partition coefficient (Wildman–Crippen LogP) is 3.31. The molecule has 0 aliphatic carbocycles. The number of likely N-dealkylation sites (N-methyl/N-ethyl adjacent to an activating group) is 2. The van der Waals surface area contributed by atoms with Crippen LogP contribution in [0.1, 0.15) is 32.8 Å². The van der Waals surface area contributed by atoms with E-state index in [0.717, 1.165) is 24.7 Å². The molecule has 0 aliphatic rings. The van der Waals surface area contributed by atoms with Crippen LogP contribution in [0.15, 0.2) is 53.4 Å². The Hall–Kier alpha value is -3.75. The van der Waals surface area contributed by atoms with Gasteiger partial charge in [0.05, 0.1) is 4.92 Å². The summed E-state index contributed by atoms with van der Waals surface area (Å²) in [6, 6.07) is 8.81. The van der Waals surface area contributed by atoms with Crippen LogP contribution < -0.4 is 5.32 Å². The molecule has 2 atom stereocenters. The minimum Gasteiger partial charge on any atom is -0.480 e. The first-order valence-corrected chi connectivity index (χ1v) is 14.2. The zero-order valence-electron chi connectivity index (χ0n) is 23.2. The molecule has 15 heteroatoms. The van der Waals surface area contributed by atoms with Crippen molar-refractivity contribution in [1.82, 2.24) is 14.5 Å². The summed E-state index contributed by atoms with van der Waals surface area (Å²) in [6.07, 6.45) is -0.720. The molecule has 2 amide bonds. The molecule has 0 spiro atoms. The quantitative estimate of drug-likeness (QED) is 0.269. The van der Waals surface area contributed by atoms with E-state index in [-0.39, 0.29) is 12.8 Å². The van der Waals surface area contributed by atoms with Gasteiger partial charge in [-0.25, -0.2) is 13.2 Å². The van der Waals surface area contributed by atoms with Crippen LogP contribution in [0, 0.1) is 10.1 Å². The summed E-state index contributed by atoms with van der Waals surface area (Å²) in [5.41, 5.74) is -0.749. The summed E-state index contributed by atoms with van der Waals surface area (Å²) in [7, 11) is -2.21. The second kappa shape index (κ2) is 13.7. The molecule has 2 N–H and O–H groups in total. The zero-order valence-corrected chi connectivity index (χ0v) is 24.8. The van der Waals surface area contributed by atoms with E-state index < -0.39 is 67.7 Å². The number of carboxylic acids is 1. The molecule has 0 aromatic heterocycles. The fourth-order valence-electron chi connectivity index (χ4n) is 3.74. The average molecular weight is 613 g/mol. The van der Waals surface area contributed by atoms with E-state index in [1.165, 1.54) is 24.1 Å². The minimum atomic E-state index is -4.64. The van der Waals surface area contributed by atoms with Gasteiger partial charge in [0.25, 0.3) is 15.7 Å². The van der Waals surface area contributed by atoms with Crippen LogP contribution in [0.2, 0.25) is 5.02 Å². The second-order valence-corrected chi connectivity index (χ2v) is 12.6. The molecule has 2 aromatic carbocycles. The van der Waals surface area contributed by atoms with Crippen molar-refractivity contribution >= 4 is 45.3 Å². The summed E-state index contributed by atoms with van der Waals surface area (Å²) in [5, 5.41) is 24.0. The van der Waals surface area contributed by atoms with E-state index in [1.54, 1.807) is 45.0 Å². The van der Waals surface area contributed by atoms with Crippen molar-refractivity contribution in [2.75, 3.05) is 20.6 Å². The lowest BCUT2D eigenvalue weighted by molar-refractivity contribution is -0.387. The largest absolute Gasteiger partial charge is 0.480 e. The van der Waals surface area contributed by atoms with Crippen LogP contribution >= 0.6 is 11.6 Å². The number of benzene rings is 2. The number of carboxylic acid groups (broad SMARTS) is 1. The first kappa shape index (κ1) is 33.5. The van der Waals surface area contributed by atoms with Crippen molar-refractivity contribution in [3.63, 3.8) is 0 Å². The van der Waals surface area contributed by atoms with E-state index in [2.05, 4.69) is 5.32 Å². The highest BCUT2D eigenvalue weighted by atomic mass is 35.5. The van der Waals surface area contributed by atoms with Crippen molar-refractivity contribution in [2.45, 2.75) is 56.2 Å². The summed E-state index contributed by atoms with van der Waals surface area (Å²) in [4.78, 5) is 48.7. The number of halogens is 1. The van der Waals surface area contributed by atoms with Gasteiger partial charge in [0.15, 0.2) is 4.90 Å². The molecule has 224 valence electrons. The number of aliphatic carboxylic acids is 1. The first-order chi connectivity index (χ1) is 18.9. The van der Waals surface area contributed by atoms with Crippen molar-refractivity contribution in [3.8, 4) is 0 Å². The molecule has 41 heavy (non-hydrogen) atoms. The monoisotopic (exact) mass is 612 g/mol. The van der Waals surface area contributed by atoms with Crippen LogP contribution in [0.5, 0.6) is 0 Å². The van der Waals surface area contributed by atoms with Gasteiger partial charge in [-0.3, -0.25) is 19.7 Å². The van der Waals surface area contributed by atoms with Gasteiger partial charge in [-0.1, -0.05) is 35.9 Å². The molecule has 0 saturated carbocycles. The highest BCUT2D eigenvalue weighted by Crippen LogP contribution is 2.26. The number of hydrogen-bond acceptors (Lipinski definition) is 8. The topological polar surface area (TPSA) is 176 Å². The molecule has 2 rings (SSSR count). The van der Waals surface area contributed by atoms with Gasteiger partial charge in [0.1, 0.15) is 11.6 Å². The third-order valence-electron chi connectivity index (χ3n) is 5.97. The number of nitrogens with one attached hydrogen (secondary N) is 1. The standard InChI is InChI=1S/C26H33ClN4O9S/c1-26(2,3)40-25(35)29(4)19(14-17-10-12-18(27)13-11-17)15-23(32)28-16-21(24(33)34)30(5)41(38,39)22-9-7-6-8-20(22)31(36)37/h6-13,19,21H,14-16H2,1-5H3,(H,28,32)(H,33,34). The number of sulfonamides is 1. The van der Waals surface area contributed by atoms with Gasteiger partial charge in [-0.05, 0) is 51.0 Å². The lowest BCUT2D eigenvalue weighted by atomic mass is 10.0. The van der Waals surface area contributed by atoms with Crippen LogP contribution in [-0.4, -0.2) is 83.9 Å². The summed E-state index contributed by atoms with van der Waals surface area (Å²) < 4.78 is 32.1. The Kier molecular flexibility index (Phi) is 11.2. The summed E-state index contributed by atoms with van der Waals surface area (Å²) in [5.74, 6) is -2.25. The summed E-state index contributed by atoms with van der Waals surface area (Å²) in [6.45, 7) is 4.44. The number of nitro benzene ring substituents is 1. The molecule has 0 heterocycles. The maximum atomic E-state index is 13.1. The number of nitrogens with zero attached hydrogens (tertiary/aromatic N) is 3. The molecular formula is C26H33ClN4O9S. The van der Waals surface area contributed by atoms with Gasteiger partial charge in [-0.15, -0.1) is 0 Å². The Bertz CT molecular complexity index is 1380. The molecule has 0 fully saturated rings. The fourth-order valence-corrected chi connectivity index (χ4v) is 5.33. The van der Waals surface area contributed by atoms with E-state index in [0.29, 0.717) is 9.33 Å². The highest BCUT2D eigenvalue weighted by molar-refractivity contribution is 7.89. The Balaban J connectivity index is 2.23. The van der Waals surface area contributed by atoms with Gasteiger partial charge in [0, 0.05) is 44.2 Å². The van der Waals surface area contributed by atoms with E-state index in [4.69, 9.17) is 16.3 Å². The molecule has 0 aliphatic heterocycles. The van der Waals surface area contributed by atoms with Crippen molar-refractivity contribution < 1.29 is 37.6 Å². The number of rotatable bonds is 12. The number of carbonyl (C=O) groups excluding carboxylic acids is 2. The number of amides is 2. The molecule has 0 bridgehead atoms. The van der Waals surface area contributed by atoms with E-state index in [1.807, 2.05) is 0 Å². The molecule has 0 saturated heterocycles. The Morgan fingerprint density at radius 2 is 1.68 bits per heavy atom. The molecule has 13 nitrogen and oxygen atoms in total. The van der Waals surface area contributed by atoms with Crippen molar-refractivity contribution in [2.24, 2.45) is 0 Å². The smallest absolute Gasteiger partial charge is 0.410 e. The normalized spacial score (nSPS) is 13.2. The number of hydrogen-bond donors (Lipinski definition) is 2. The van der Waals surface area contributed by atoms with Gasteiger partial charge < -0.3 is 20.1 Å². The van der Waals surface area contributed by atoms with Crippen LogP contribution in [0.25, 0.3) is 0 Å². The third kappa shape index (κ3) is 9.40. The first-order valence-electron chi connectivity index (χ1n) is 12.3.